The van der Waals surface area contributed by atoms with E-state index in [1.165, 1.54) is 24.3 Å². The van der Waals surface area contributed by atoms with Crippen LogP contribution in [0.3, 0.4) is 0 Å². The Hall–Kier alpha value is -2.85. The van der Waals surface area contributed by atoms with E-state index in [1.54, 1.807) is 12.1 Å². The number of aromatic nitrogens is 2. The van der Waals surface area contributed by atoms with Crippen LogP contribution in [-0.2, 0) is 16.2 Å². The van der Waals surface area contributed by atoms with E-state index < -0.39 is 21.9 Å². The van der Waals surface area contributed by atoms with Gasteiger partial charge in [-0.05, 0) is 55.3 Å². The summed E-state index contributed by atoms with van der Waals surface area (Å²) in [6.07, 6.45) is -2.37. The Bertz CT molecular complexity index is 1150. The summed E-state index contributed by atoms with van der Waals surface area (Å²) in [4.78, 5) is 2.10. The molecular formula is C20H19F3N4O2S. The number of anilines is 1. The lowest BCUT2D eigenvalue weighted by molar-refractivity contribution is -0.141. The molecule has 0 amide bonds. The zero-order valence-electron chi connectivity index (χ0n) is 15.8. The second kappa shape index (κ2) is 7.44. The highest BCUT2D eigenvalue weighted by Crippen LogP contribution is 2.34. The van der Waals surface area contributed by atoms with Crippen LogP contribution in [0.1, 0.15) is 18.5 Å². The number of sulfonamides is 1. The zero-order valence-corrected chi connectivity index (χ0v) is 16.6. The first-order valence-electron chi connectivity index (χ1n) is 9.29. The average Bonchev–Trinajstić information content (AvgIpc) is 3.37. The van der Waals surface area contributed by atoms with Crippen molar-refractivity contribution in [3.63, 3.8) is 0 Å². The van der Waals surface area contributed by atoms with E-state index in [2.05, 4.69) is 10.00 Å². The summed E-state index contributed by atoms with van der Waals surface area (Å²) < 4.78 is 64.0. The van der Waals surface area contributed by atoms with Crippen molar-refractivity contribution in [3.05, 3.63) is 60.3 Å². The third-order valence-corrected chi connectivity index (χ3v) is 5.97. The summed E-state index contributed by atoms with van der Waals surface area (Å²) in [5.41, 5.74) is 1.10. The minimum absolute atomic E-state index is 0.133. The Morgan fingerprint density at radius 3 is 2.00 bits per heavy atom. The van der Waals surface area contributed by atoms with Crippen molar-refractivity contribution in [1.29, 1.82) is 0 Å². The van der Waals surface area contributed by atoms with Crippen molar-refractivity contribution < 1.29 is 21.6 Å². The molecule has 2 heterocycles. The number of primary sulfonamides is 1. The predicted molar refractivity (Wildman–Crippen MR) is 107 cm³/mol. The average molecular weight is 436 g/mol. The van der Waals surface area contributed by atoms with Gasteiger partial charge in [-0.3, -0.25) is 0 Å². The van der Waals surface area contributed by atoms with Crippen molar-refractivity contribution in [2.45, 2.75) is 23.9 Å². The second-order valence-corrected chi connectivity index (χ2v) is 8.67. The quantitative estimate of drug-likeness (QED) is 0.675. The lowest BCUT2D eigenvalue weighted by Crippen LogP contribution is -2.17. The minimum Gasteiger partial charge on any atom is -0.372 e. The topological polar surface area (TPSA) is 81.2 Å². The van der Waals surface area contributed by atoms with Gasteiger partial charge in [0.05, 0.1) is 16.3 Å². The Labute approximate surface area is 171 Å². The standard InChI is InChI=1S/C20H19F3N4O2S/c21-20(22,23)19-13-18(14-3-5-15(6-4-14)26-11-1-2-12-26)27(25-19)16-7-9-17(10-8-16)30(24,28)29/h3-10,13H,1-2,11-12H2,(H2,24,28,29). The maximum atomic E-state index is 13.3. The highest BCUT2D eigenvalue weighted by atomic mass is 32.2. The van der Waals surface area contributed by atoms with Crippen LogP contribution >= 0.6 is 0 Å². The Balaban J connectivity index is 1.76. The molecule has 1 aromatic heterocycles. The van der Waals surface area contributed by atoms with Gasteiger partial charge in [-0.15, -0.1) is 0 Å². The molecule has 3 aromatic rings. The molecule has 0 spiro atoms. The summed E-state index contributed by atoms with van der Waals surface area (Å²) >= 11 is 0. The molecule has 1 aliphatic heterocycles. The van der Waals surface area contributed by atoms with Gasteiger partial charge in [-0.1, -0.05) is 12.1 Å². The molecule has 4 rings (SSSR count). The number of benzene rings is 2. The molecule has 1 aliphatic rings. The van der Waals surface area contributed by atoms with Crippen molar-refractivity contribution in [1.82, 2.24) is 9.78 Å². The number of alkyl halides is 3. The first-order valence-corrected chi connectivity index (χ1v) is 10.8. The lowest BCUT2D eigenvalue weighted by atomic mass is 10.1. The SMILES string of the molecule is NS(=O)(=O)c1ccc(-n2nc(C(F)(F)F)cc2-c2ccc(N3CCCC3)cc2)cc1. The van der Waals surface area contributed by atoms with E-state index in [9.17, 15) is 21.6 Å². The number of nitrogens with zero attached hydrogens (tertiary/aromatic N) is 3. The Morgan fingerprint density at radius 2 is 1.47 bits per heavy atom. The monoisotopic (exact) mass is 436 g/mol. The van der Waals surface area contributed by atoms with E-state index >= 15 is 0 Å². The molecule has 0 bridgehead atoms. The smallest absolute Gasteiger partial charge is 0.372 e. The van der Waals surface area contributed by atoms with Crippen LogP contribution in [0.5, 0.6) is 0 Å². The van der Waals surface area contributed by atoms with Crippen molar-refractivity contribution >= 4 is 15.7 Å². The molecule has 30 heavy (non-hydrogen) atoms. The highest BCUT2D eigenvalue weighted by Gasteiger charge is 2.35. The summed E-state index contributed by atoms with van der Waals surface area (Å²) in [7, 11) is -3.91. The lowest BCUT2D eigenvalue weighted by Gasteiger charge is -2.18. The van der Waals surface area contributed by atoms with Gasteiger partial charge >= 0.3 is 6.18 Å². The van der Waals surface area contributed by atoms with Gasteiger partial charge in [0, 0.05) is 24.3 Å². The normalized spacial score (nSPS) is 15.0. The summed E-state index contributed by atoms with van der Waals surface area (Å²) in [5.74, 6) is 0. The first kappa shape index (κ1) is 20.4. The van der Waals surface area contributed by atoms with Gasteiger partial charge in [0.1, 0.15) is 0 Å². The Kier molecular flexibility index (Phi) is 5.07. The maximum absolute atomic E-state index is 13.3. The number of nitrogens with two attached hydrogens (primary N) is 1. The van der Waals surface area contributed by atoms with Crippen LogP contribution in [-0.4, -0.2) is 31.3 Å². The fraction of sp³-hybridized carbons (Fsp3) is 0.250. The van der Waals surface area contributed by atoms with Crippen molar-refractivity contribution in [2.75, 3.05) is 18.0 Å². The number of hydrogen-bond donors (Lipinski definition) is 1. The van der Waals surface area contributed by atoms with E-state index in [0.717, 1.165) is 42.4 Å². The fourth-order valence-corrected chi connectivity index (χ4v) is 4.03. The van der Waals surface area contributed by atoms with Gasteiger partial charge in [-0.25, -0.2) is 18.2 Å². The molecule has 1 fully saturated rings. The molecule has 158 valence electrons. The van der Waals surface area contributed by atoms with Crippen LogP contribution in [0.2, 0.25) is 0 Å². The van der Waals surface area contributed by atoms with Gasteiger partial charge in [0.2, 0.25) is 10.0 Å². The van der Waals surface area contributed by atoms with Crippen LogP contribution in [0.25, 0.3) is 16.9 Å². The molecule has 1 saturated heterocycles. The van der Waals surface area contributed by atoms with E-state index in [4.69, 9.17) is 5.14 Å². The molecular weight excluding hydrogens is 417 g/mol. The molecule has 0 atom stereocenters. The third kappa shape index (κ3) is 4.05. The molecule has 2 N–H and O–H groups in total. The predicted octanol–water partition coefficient (Wildman–Crippen LogP) is 3.81. The van der Waals surface area contributed by atoms with Crippen LogP contribution in [0.4, 0.5) is 18.9 Å². The molecule has 0 aliphatic carbocycles. The van der Waals surface area contributed by atoms with Gasteiger partial charge in [0.15, 0.2) is 5.69 Å². The molecule has 6 nitrogen and oxygen atoms in total. The minimum atomic E-state index is -4.62. The Morgan fingerprint density at radius 1 is 0.900 bits per heavy atom. The molecule has 0 saturated carbocycles. The zero-order chi connectivity index (χ0) is 21.5. The summed E-state index contributed by atoms with van der Waals surface area (Å²) in [5, 5.41) is 8.81. The van der Waals surface area contributed by atoms with Crippen LogP contribution in [0, 0.1) is 0 Å². The van der Waals surface area contributed by atoms with Crippen LogP contribution < -0.4 is 10.0 Å². The molecule has 2 aromatic carbocycles. The third-order valence-electron chi connectivity index (χ3n) is 5.04. The largest absolute Gasteiger partial charge is 0.435 e. The summed E-state index contributed by atoms with van der Waals surface area (Å²) in [6, 6.07) is 13.5. The number of hydrogen-bond acceptors (Lipinski definition) is 4. The van der Waals surface area contributed by atoms with E-state index in [-0.39, 0.29) is 16.3 Å². The molecule has 0 unspecified atom stereocenters. The summed E-state index contributed by atoms with van der Waals surface area (Å²) in [6.45, 7) is 1.93. The van der Waals surface area contributed by atoms with Gasteiger partial charge in [0.25, 0.3) is 0 Å². The van der Waals surface area contributed by atoms with Crippen LogP contribution in [0.15, 0.2) is 59.5 Å². The van der Waals surface area contributed by atoms with E-state index in [1.807, 2.05) is 12.1 Å². The number of rotatable bonds is 4. The van der Waals surface area contributed by atoms with Crippen molar-refractivity contribution in [2.24, 2.45) is 5.14 Å². The van der Waals surface area contributed by atoms with Gasteiger partial charge in [-0.2, -0.15) is 18.3 Å². The molecule has 10 heteroatoms. The highest BCUT2D eigenvalue weighted by molar-refractivity contribution is 7.89. The second-order valence-electron chi connectivity index (χ2n) is 7.10. The number of halogens is 3. The maximum Gasteiger partial charge on any atom is 0.435 e. The first-order chi connectivity index (χ1) is 14.1. The van der Waals surface area contributed by atoms with E-state index in [0.29, 0.717) is 5.56 Å². The fourth-order valence-electron chi connectivity index (χ4n) is 3.52. The van der Waals surface area contributed by atoms with Crippen molar-refractivity contribution in [3.8, 4) is 16.9 Å². The molecule has 0 radical (unpaired) electrons. The van der Waals surface area contributed by atoms with Gasteiger partial charge < -0.3 is 4.90 Å².